The second kappa shape index (κ2) is 10.2. The monoisotopic (exact) mass is 387 g/mol. The number of aryl methyl sites for hydroxylation is 1. The lowest BCUT2D eigenvalue weighted by atomic mass is 10.1. The van der Waals surface area contributed by atoms with E-state index in [0.29, 0.717) is 12.1 Å². The first-order valence-corrected chi connectivity index (χ1v) is 9.77. The van der Waals surface area contributed by atoms with Gasteiger partial charge in [-0.05, 0) is 43.0 Å². The Labute approximate surface area is 171 Å². The summed E-state index contributed by atoms with van der Waals surface area (Å²) in [5, 5.41) is 5.82. The molecule has 0 aliphatic rings. The molecule has 0 bridgehead atoms. The number of nitrogens with zero attached hydrogens (tertiary/aromatic N) is 1. The molecule has 0 radical (unpaired) electrons. The minimum Gasteiger partial charge on any atom is -0.352 e. The van der Waals surface area contributed by atoms with Crippen molar-refractivity contribution in [2.45, 2.75) is 25.8 Å². The predicted molar refractivity (Wildman–Crippen MR) is 114 cm³/mol. The van der Waals surface area contributed by atoms with Crippen molar-refractivity contribution in [3.05, 3.63) is 101 Å². The minimum atomic E-state index is -0.305. The number of benzene rings is 2. The van der Waals surface area contributed by atoms with Crippen LogP contribution in [0.2, 0.25) is 0 Å². The van der Waals surface area contributed by atoms with Crippen LogP contribution in [-0.2, 0) is 6.42 Å². The Bertz CT molecular complexity index is 943. The second-order valence-electron chi connectivity index (χ2n) is 6.88. The summed E-state index contributed by atoms with van der Waals surface area (Å²) in [6, 6.07) is 22.9. The number of pyridine rings is 1. The molecule has 1 heterocycles. The molecule has 148 valence electrons. The van der Waals surface area contributed by atoms with Gasteiger partial charge in [0, 0.05) is 18.3 Å². The Morgan fingerprint density at radius 1 is 0.931 bits per heavy atom. The van der Waals surface area contributed by atoms with Gasteiger partial charge in [-0.1, -0.05) is 60.7 Å². The molecule has 5 nitrogen and oxygen atoms in total. The van der Waals surface area contributed by atoms with Crippen LogP contribution < -0.4 is 10.6 Å². The van der Waals surface area contributed by atoms with E-state index in [0.717, 1.165) is 18.4 Å². The molecule has 0 spiro atoms. The highest BCUT2D eigenvalue weighted by atomic mass is 16.2. The SMILES string of the molecule is CC(NC(=O)c1cc(C(=O)NCCCc2ccccc2)ccn1)c1ccccc1. The molecule has 0 saturated carbocycles. The quantitative estimate of drug-likeness (QED) is 0.575. The number of rotatable bonds is 8. The summed E-state index contributed by atoms with van der Waals surface area (Å²) in [6.07, 6.45) is 3.24. The van der Waals surface area contributed by atoms with Crippen LogP contribution >= 0.6 is 0 Å². The Balaban J connectivity index is 1.52. The van der Waals surface area contributed by atoms with E-state index in [1.165, 1.54) is 17.8 Å². The van der Waals surface area contributed by atoms with E-state index in [9.17, 15) is 9.59 Å². The summed E-state index contributed by atoms with van der Waals surface area (Å²) in [7, 11) is 0. The van der Waals surface area contributed by atoms with Crippen LogP contribution in [-0.4, -0.2) is 23.3 Å². The fourth-order valence-corrected chi connectivity index (χ4v) is 3.03. The van der Waals surface area contributed by atoms with Gasteiger partial charge in [-0.25, -0.2) is 0 Å². The van der Waals surface area contributed by atoms with Crippen LogP contribution in [0.3, 0.4) is 0 Å². The lowest BCUT2D eigenvalue weighted by molar-refractivity contribution is 0.0935. The minimum absolute atomic E-state index is 0.152. The lowest BCUT2D eigenvalue weighted by Gasteiger charge is -2.14. The van der Waals surface area contributed by atoms with Gasteiger partial charge in [0.25, 0.3) is 11.8 Å². The zero-order valence-corrected chi connectivity index (χ0v) is 16.5. The third-order valence-electron chi connectivity index (χ3n) is 4.67. The predicted octanol–water partition coefficient (Wildman–Crippen LogP) is 3.94. The van der Waals surface area contributed by atoms with Gasteiger partial charge in [0.05, 0.1) is 6.04 Å². The maximum atomic E-state index is 12.5. The molecule has 3 rings (SSSR count). The first kappa shape index (κ1) is 20.3. The number of hydrogen-bond acceptors (Lipinski definition) is 3. The zero-order valence-electron chi connectivity index (χ0n) is 16.5. The van der Waals surface area contributed by atoms with Crippen LogP contribution in [0, 0.1) is 0 Å². The van der Waals surface area contributed by atoms with Gasteiger partial charge < -0.3 is 10.6 Å². The molecule has 2 N–H and O–H groups in total. The van der Waals surface area contributed by atoms with Crippen molar-refractivity contribution < 1.29 is 9.59 Å². The number of nitrogens with one attached hydrogen (secondary N) is 2. The molecule has 0 fully saturated rings. The fourth-order valence-electron chi connectivity index (χ4n) is 3.03. The Kier molecular flexibility index (Phi) is 7.11. The number of aromatic nitrogens is 1. The van der Waals surface area contributed by atoms with Crippen LogP contribution in [0.5, 0.6) is 0 Å². The van der Waals surface area contributed by atoms with Crippen LogP contribution in [0.25, 0.3) is 0 Å². The molecule has 0 aliphatic carbocycles. The molecule has 2 aromatic carbocycles. The van der Waals surface area contributed by atoms with Gasteiger partial charge in [0.1, 0.15) is 5.69 Å². The average molecular weight is 387 g/mol. The van der Waals surface area contributed by atoms with Gasteiger partial charge in [-0.15, -0.1) is 0 Å². The summed E-state index contributed by atoms with van der Waals surface area (Å²) in [5.41, 5.74) is 2.91. The van der Waals surface area contributed by atoms with Gasteiger partial charge in [0.15, 0.2) is 0 Å². The first-order chi connectivity index (χ1) is 14.1. The van der Waals surface area contributed by atoms with Gasteiger partial charge in [-0.2, -0.15) is 0 Å². The van der Waals surface area contributed by atoms with E-state index >= 15 is 0 Å². The second-order valence-corrected chi connectivity index (χ2v) is 6.88. The van der Waals surface area contributed by atoms with E-state index in [1.54, 1.807) is 6.07 Å². The van der Waals surface area contributed by atoms with Crippen molar-refractivity contribution in [1.29, 1.82) is 0 Å². The molecular formula is C24H25N3O2. The van der Waals surface area contributed by atoms with Crippen molar-refractivity contribution >= 4 is 11.8 Å². The fraction of sp³-hybridized carbons (Fsp3) is 0.208. The van der Waals surface area contributed by atoms with E-state index in [1.807, 2.05) is 55.5 Å². The van der Waals surface area contributed by atoms with Crippen molar-refractivity contribution in [1.82, 2.24) is 15.6 Å². The molecule has 3 aromatic rings. The third-order valence-corrected chi connectivity index (χ3v) is 4.67. The Morgan fingerprint density at radius 3 is 2.34 bits per heavy atom. The molecule has 1 aromatic heterocycles. The van der Waals surface area contributed by atoms with Crippen LogP contribution in [0.1, 0.15) is 51.4 Å². The Hall–Kier alpha value is -3.47. The van der Waals surface area contributed by atoms with Crippen molar-refractivity contribution in [3.63, 3.8) is 0 Å². The molecule has 0 saturated heterocycles. The summed E-state index contributed by atoms with van der Waals surface area (Å²) >= 11 is 0. The highest BCUT2D eigenvalue weighted by Gasteiger charge is 2.14. The van der Waals surface area contributed by atoms with E-state index in [-0.39, 0.29) is 23.6 Å². The number of carbonyl (C=O) groups excluding carboxylic acids is 2. The molecule has 2 amide bonds. The maximum absolute atomic E-state index is 12.5. The maximum Gasteiger partial charge on any atom is 0.270 e. The third kappa shape index (κ3) is 6.01. The lowest BCUT2D eigenvalue weighted by Crippen LogP contribution is -2.28. The van der Waals surface area contributed by atoms with Gasteiger partial charge in [0.2, 0.25) is 0 Å². The molecular weight excluding hydrogens is 362 g/mol. The number of carbonyl (C=O) groups is 2. The van der Waals surface area contributed by atoms with E-state index < -0.39 is 0 Å². The first-order valence-electron chi connectivity index (χ1n) is 9.77. The van der Waals surface area contributed by atoms with Gasteiger partial charge in [-0.3, -0.25) is 14.6 Å². The summed E-state index contributed by atoms with van der Waals surface area (Å²) in [5.74, 6) is -0.509. The molecule has 0 aliphatic heterocycles. The van der Waals surface area contributed by atoms with E-state index in [4.69, 9.17) is 0 Å². The molecule has 5 heteroatoms. The van der Waals surface area contributed by atoms with Crippen molar-refractivity contribution in [2.24, 2.45) is 0 Å². The van der Waals surface area contributed by atoms with Crippen LogP contribution in [0.4, 0.5) is 0 Å². The molecule has 29 heavy (non-hydrogen) atoms. The van der Waals surface area contributed by atoms with Crippen LogP contribution in [0.15, 0.2) is 79.0 Å². The van der Waals surface area contributed by atoms with Gasteiger partial charge >= 0.3 is 0 Å². The zero-order chi connectivity index (χ0) is 20.5. The van der Waals surface area contributed by atoms with Crippen molar-refractivity contribution in [3.8, 4) is 0 Å². The number of hydrogen-bond donors (Lipinski definition) is 2. The topological polar surface area (TPSA) is 71.1 Å². The summed E-state index contributed by atoms with van der Waals surface area (Å²) < 4.78 is 0. The normalized spacial score (nSPS) is 11.5. The average Bonchev–Trinajstić information content (AvgIpc) is 2.78. The highest BCUT2D eigenvalue weighted by Crippen LogP contribution is 2.12. The Morgan fingerprint density at radius 2 is 1.62 bits per heavy atom. The molecule has 1 unspecified atom stereocenters. The van der Waals surface area contributed by atoms with E-state index in [2.05, 4.69) is 27.8 Å². The highest BCUT2D eigenvalue weighted by molar-refractivity contribution is 5.98. The van der Waals surface area contributed by atoms with Crippen molar-refractivity contribution in [2.75, 3.05) is 6.54 Å². The summed E-state index contributed by atoms with van der Waals surface area (Å²) in [6.45, 7) is 2.49. The standard InChI is InChI=1S/C24H25N3O2/c1-18(20-12-6-3-7-13-20)27-24(29)22-17-21(14-16-25-22)23(28)26-15-8-11-19-9-4-2-5-10-19/h2-7,9-10,12-14,16-18H,8,11,15H2,1H3,(H,26,28)(H,27,29). The summed E-state index contributed by atoms with van der Waals surface area (Å²) in [4.78, 5) is 29.0. The smallest absolute Gasteiger partial charge is 0.270 e. The molecule has 1 atom stereocenters. The largest absolute Gasteiger partial charge is 0.352 e. The number of amides is 2.